The number of pyridine rings is 1. The van der Waals surface area contributed by atoms with Gasteiger partial charge in [0.15, 0.2) is 0 Å². The number of imidazole rings is 1. The molecule has 2 aromatic rings. The van der Waals surface area contributed by atoms with Crippen LogP contribution in [0.25, 0.3) is 0 Å². The second kappa shape index (κ2) is 5.89. The third kappa shape index (κ3) is 3.48. The summed E-state index contributed by atoms with van der Waals surface area (Å²) in [5, 5.41) is 3.26. The Kier molecular flexibility index (Phi) is 3.96. The normalized spacial score (nSPS) is 10.2. The molecule has 0 saturated carbocycles. The molecule has 0 aliphatic rings. The monoisotopic (exact) mass is 232 g/mol. The molecule has 2 aromatic heterocycles. The lowest BCUT2D eigenvalue weighted by Crippen LogP contribution is -2.06. The number of aryl methyl sites for hydroxylation is 1. The van der Waals surface area contributed by atoms with Crippen molar-refractivity contribution in [2.75, 3.05) is 19.0 Å². The summed E-state index contributed by atoms with van der Waals surface area (Å²) in [5.41, 5.74) is 0. The molecule has 0 aliphatic heterocycles. The number of aromatic nitrogens is 3. The minimum Gasteiger partial charge on any atom is -0.495 e. The van der Waals surface area contributed by atoms with Crippen LogP contribution in [0.15, 0.2) is 37.1 Å². The number of rotatable bonds is 6. The first-order valence-corrected chi connectivity index (χ1v) is 5.58. The van der Waals surface area contributed by atoms with Crippen molar-refractivity contribution in [2.45, 2.75) is 13.0 Å². The molecule has 1 N–H and O–H groups in total. The Morgan fingerprint density at radius 2 is 2.35 bits per heavy atom. The quantitative estimate of drug-likeness (QED) is 0.771. The fraction of sp³-hybridized carbons (Fsp3) is 0.333. The molecule has 5 nitrogen and oxygen atoms in total. The Morgan fingerprint density at radius 3 is 3.00 bits per heavy atom. The van der Waals surface area contributed by atoms with Crippen molar-refractivity contribution < 1.29 is 4.74 Å². The predicted molar refractivity (Wildman–Crippen MR) is 66.1 cm³/mol. The van der Waals surface area contributed by atoms with Gasteiger partial charge in [-0.3, -0.25) is 0 Å². The van der Waals surface area contributed by atoms with Crippen molar-refractivity contribution >= 4 is 5.82 Å². The van der Waals surface area contributed by atoms with E-state index in [1.54, 1.807) is 19.5 Å². The molecule has 0 amide bonds. The molecule has 17 heavy (non-hydrogen) atoms. The van der Waals surface area contributed by atoms with Crippen LogP contribution in [0.5, 0.6) is 5.75 Å². The molecule has 5 heteroatoms. The van der Waals surface area contributed by atoms with Gasteiger partial charge >= 0.3 is 0 Å². The standard InChI is InChI=1S/C12H16N4O/c1-17-11-3-4-12(15-9-11)14-5-2-7-16-8-6-13-10-16/h3-4,6,8-10H,2,5,7H2,1H3,(H,14,15). The van der Waals surface area contributed by atoms with Crippen LogP contribution in [0, 0.1) is 0 Å². The molecule has 0 aromatic carbocycles. The summed E-state index contributed by atoms with van der Waals surface area (Å²) in [6.45, 7) is 1.85. The number of nitrogens with one attached hydrogen (secondary N) is 1. The van der Waals surface area contributed by atoms with Gasteiger partial charge in [-0.1, -0.05) is 0 Å². The maximum absolute atomic E-state index is 5.04. The van der Waals surface area contributed by atoms with Crippen LogP contribution in [0.3, 0.4) is 0 Å². The van der Waals surface area contributed by atoms with Gasteiger partial charge < -0.3 is 14.6 Å². The molecule has 0 atom stereocenters. The van der Waals surface area contributed by atoms with E-state index in [2.05, 4.69) is 19.9 Å². The zero-order chi connectivity index (χ0) is 11.9. The molecular weight excluding hydrogens is 216 g/mol. The van der Waals surface area contributed by atoms with E-state index in [-0.39, 0.29) is 0 Å². The number of anilines is 1. The number of methoxy groups -OCH3 is 1. The molecular formula is C12H16N4O. The summed E-state index contributed by atoms with van der Waals surface area (Å²) in [6, 6.07) is 3.81. The SMILES string of the molecule is COc1ccc(NCCCn2ccnc2)nc1. The van der Waals surface area contributed by atoms with Crippen LogP contribution in [0.1, 0.15) is 6.42 Å². The van der Waals surface area contributed by atoms with E-state index in [0.29, 0.717) is 0 Å². The predicted octanol–water partition coefficient (Wildman–Crippen LogP) is 1.79. The molecule has 0 radical (unpaired) electrons. The van der Waals surface area contributed by atoms with Crippen LogP contribution in [-0.2, 0) is 6.54 Å². The van der Waals surface area contributed by atoms with Gasteiger partial charge in [0.2, 0.25) is 0 Å². The van der Waals surface area contributed by atoms with E-state index in [9.17, 15) is 0 Å². The highest BCUT2D eigenvalue weighted by Crippen LogP contribution is 2.10. The second-order valence-corrected chi connectivity index (χ2v) is 3.66. The minimum atomic E-state index is 0.772. The van der Waals surface area contributed by atoms with Gasteiger partial charge in [-0.05, 0) is 18.6 Å². The Hall–Kier alpha value is -2.04. The molecule has 0 spiro atoms. The molecule has 0 saturated heterocycles. The molecule has 2 rings (SSSR count). The highest BCUT2D eigenvalue weighted by atomic mass is 16.5. The van der Waals surface area contributed by atoms with E-state index in [4.69, 9.17) is 4.74 Å². The van der Waals surface area contributed by atoms with E-state index >= 15 is 0 Å². The largest absolute Gasteiger partial charge is 0.495 e. The molecule has 0 aliphatic carbocycles. The van der Waals surface area contributed by atoms with Gasteiger partial charge in [0.1, 0.15) is 11.6 Å². The van der Waals surface area contributed by atoms with Crippen molar-refractivity contribution in [3.63, 3.8) is 0 Å². The number of nitrogens with zero attached hydrogens (tertiary/aromatic N) is 3. The summed E-state index contributed by atoms with van der Waals surface area (Å²) in [4.78, 5) is 8.22. The molecule has 0 fully saturated rings. The topological polar surface area (TPSA) is 52.0 Å². The summed E-state index contributed by atoms with van der Waals surface area (Å²) in [7, 11) is 1.63. The first-order chi connectivity index (χ1) is 8.38. The van der Waals surface area contributed by atoms with Crippen LogP contribution in [-0.4, -0.2) is 28.2 Å². The maximum atomic E-state index is 5.04. The van der Waals surface area contributed by atoms with Crippen molar-refractivity contribution in [2.24, 2.45) is 0 Å². The van der Waals surface area contributed by atoms with Gasteiger partial charge in [-0.2, -0.15) is 0 Å². The minimum absolute atomic E-state index is 0.772. The Morgan fingerprint density at radius 1 is 1.41 bits per heavy atom. The van der Waals surface area contributed by atoms with Crippen LogP contribution >= 0.6 is 0 Å². The van der Waals surface area contributed by atoms with Gasteiger partial charge in [0, 0.05) is 25.5 Å². The van der Waals surface area contributed by atoms with E-state index < -0.39 is 0 Å². The Bertz CT molecular complexity index is 424. The van der Waals surface area contributed by atoms with Crippen LogP contribution < -0.4 is 10.1 Å². The second-order valence-electron chi connectivity index (χ2n) is 3.66. The van der Waals surface area contributed by atoms with Gasteiger partial charge in [0.05, 0.1) is 19.6 Å². The van der Waals surface area contributed by atoms with Gasteiger partial charge in [-0.15, -0.1) is 0 Å². The Balaban J connectivity index is 1.70. The summed E-state index contributed by atoms with van der Waals surface area (Å²) in [5.74, 6) is 1.64. The first-order valence-electron chi connectivity index (χ1n) is 5.58. The van der Waals surface area contributed by atoms with Crippen molar-refractivity contribution in [3.05, 3.63) is 37.1 Å². The zero-order valence-electron chi connectivity index (χ0n) is 9.84. The van der Waals surface area contributed by atoms with E-state index in [1.165, 1.54) is 0 Å². The van der Waals surface area contributed by atoms with E-state index in [1.807, 2.05) is 24.7 Å². The number of hydrogen-bond donors (Lipinski definition) is 1. The highest BCUT2D eigenvalue weighted by Gasteiger charge is 1.95. The average molecular weight is 232 g/mol. The van der Waals surface area contributed by atoms with E-state index in [0.717, 1.165) is 31.1 Å². The van der Waals surface area contributed by atoms with Gasteiger partial charge in [0.25, 0.3) is 0 Å². The first kappa shape index (κ1) is 11.4. The summed E-state index contributed by atoms with van der Waals surface area (Å²) in [6.07, 6.45) is 8.32. The highest BCUT2D eigenvalue weighted by molar-refractivity contribution is 5.37. The molecule has 0 unspecified atom stereocenters. The van der Waals surface area contributed by atoms with Gasteiger partial charge in [-0.25, -0.2) is 9.97 Å². The smallest absolute Gasteiger partial charge is 0.137 e. The lowest BCUT2D eigenvalue weighted by Gasteiger charge is -2.06. The lowest BCUT2D eigenvalue weighted by molar-refractivity contribution is 0.413. The maximum Gasteiger partial charge on any atom is 0.137 e. The van der Waals surface area contributed by atoms with Crippen LogP contribution in [0.4, 0.5) is 5.82 Å². The van der Waals surface area contributed by atoms with Crippen LogP contribution in [0.2, 0.25) is 0 Å². The summed E-state index contributed by atoms with van der Waals surface area (Å²) >= 11 is 0. The fourth-order valence-corrected chi connectivity index (χ4v) is 1.50. The zero-order valence-corrected chi connectivity index (χ0v) is 9.84. The fourth-order valence-electron chi connectivity index (χ4n) is 1.50. The van der Waals surface area contributed by atoms with Crippen molar-refractivity contribution in [1.29, 1.82) is 0 Å². The third-order valence-electron chi connectivity index (χ3n) is 2.43. The lowest BCUT2D eigenvalue weighted by atomic mass is 10.4. The van der Waals surface area contributed by atoms with Crippen molar-refractivity contribution in [1.82, 2.24) is 14.5 Å². The molecule has 2 heterocycles. The Labute approximate surface area is 100 Å². The number of ether oxygens (including phenoxy) is 1. The molecule has 0 bridgehead atoms. The average Bonchev–Trinajstić information content (AvgIpc) is 2.88. The summed E-state index contributed by atoms with van der Waals surface area (Å²) < 4.78 is 7.10. The number of hydrogen-bond acceptors (Lipinski definition) is 4. The van der Waals surface area contributed by atoms with Crippen molar-refractivity contribution in [3.8, 4) is 5.75 Å². The third-order valence-corrected chi connectivity index (χ3v) is 2.43. The molecule has 90 valence electrons.